The van der Waals surface area contributed by atoms with Crippen LogP contribution < -0.4 is 10.6 Å². The van der Waals surface area contributed by atoms with E-state index >= 15 is 0 Å². The molecule has 19 heavy (non-hydrogen) atoms. The maximum Gasteiger partial charge on any atom is 0.135 e. The summed E-state index contributed by atoms with van der Waals surface area (Å²) in [4.78, 5) is 8.17. The molecule has 2 aromatic rings. The molecule has 0 aliphatic heterocycles. The fraction of sp³-hybridized carbons (Fsp3) is 0.214. The maximum atomic E-state index is 8.51. The Morgan fingerprint density at radius 3 is 2.58 bits per heavy atom. The first-order valence-corrected chi connectivity index (χ1v) is 6.10. The molecule has 0 unspecified atom stereocenters. The third-order valence-electron chi connectivity index (χ3n) is 2.65. The van der Waals surface area contributed by atoms with Crippen LogP contribution in [0.2, 0.25) is 0 Å². The minimum atomic E-state index is 0.224. The van der Waals surface area contributed by atoms with E-state index in [2.05, 4.69) is 39.7 Å². The molecule has 96 valence electrons. The molecule has 0 spiro atoms. The third kappa shape index (κ3) is 3.68. The Labute approximate surface area is 112 Å². The second kappa shape index (κ2) is 6.36. The van der Waals surface area contributed by atoms with Crippen molar-refractivity contribution in [2.24, 2.45) is 0 Å². The van der Waals surface area contributed by atoms with Gasteiger partial charge >= 0.3 is 0 Å². The zero-order chi connectivity index (χ0) is 13.5. The van der Waals surface area contributed by atoms with E-state index in [1.54, 1.807) is 6.07 Å². The lowest BCUT2D eigenvalue weighted by Gasteiger charge is -2.07. The fourth-order valence-corrected chi connectivity index (χ4v) is 1.62. The smallest absolute Gasteiger partial charge is 0.135 e. The van der Waals surface area contributed by atoms with Crippen LogP contribution in [0.4, 0.5) is 17.3 Å². The molecular formula is C14H15N5. The number of anilines is 3. The number of nitrogens with one attached hydrogen (secondary N) is 2. The highest BCUT2D eigenvalue weighted by Gasteiger charge is 1.99. The van der Waals surface area contributed by atoms with Gasteiger partial charge in [0.2, 0.25) is 0 Å². The minimum absolute atomic E-state index is 0.224. The number of rotatable bonds is 5. The van der Waals surface area contributed by atoms with Crippen molar-refractivity contribution in [3.8, 4) is 6.07 Å². The van der Waals surface area contributed by atoms with Crippen LogP contribution in [0.5, 0.6) is 0 Å². The van der Waals surface area contributed by atoms with Crippen LogP contribution in [-0.4, -0.2) is 16.5 Å². The Morgan fingerprint density at radius 2 is 1.89 bits per heavy atom. The second-order valence-corrected chi connectivity index (χ2v) is 3.98. The summed E-state index contributed by atoms with van der Waals surface area (Å²) in [6.07, 6.45) is 2.48. The number of nitriles is 1. The first kappa shape index (κ1) is 12.8. The third-order valence-corrected chi connectivity index (χ3v) is 2.65. The number of hydrogen-bond acceptors (Lipinski definition) is 5. The number of aryl methyl sites for hydroxylation is 1. The molecule has 0 fully saturated rings. The Morgan fingerprint density at radius 1 is 1.16 bits per heavy atom. The molecular weight excluding hydrogens is 238 g/mol. The van der Waals surface area contributed by atoms with Gasteiger partial charge in [-0.3, -0.25) is 0 Å². The van der Waals surface area contributed by atoms with E-state index in [1.807, 2.05) is 18.2 Å². The van der Waals surface area contributed by atoms with Crippen LogP contribution in [0.15, 0.2) is 36.7 Å². The zero-order valence-electron chi connectivity index (χ0n) is 10.7. The average Bonchev–Trinajstić information content (AvgIpc) is 2.46. The molecule has 0 atom stereocenters. The van der Waals surface area contributed by atoms with Crippen molar-refractivity contribution in [2.75, 3.05) is 17.2 Å². The molecule has 0 aliphatic carbocycles. The molecule has 1 aromatic carbocycles. The SMILES string of the molecule is CCc1ccc(Nc2cc(NCC#N)ncn2)cc1. The molecule has 2 rings (SSSR count). The van der Waals surface area contributed by atoms with Crippen LogP contribution in [0.3, 0.4) is 0 Å². The summed E-state index contributed by atoms with van der Waals surface area (Å²) in [5, 5.41) is 14.6. The van der Waals surface area contributed by atoms with Crippen molar-refractivity contribution in [3.63, 3.8) is 0 Å². The van der Waals surface area contributed by atoms with E-state index in [1.165, 1.54) is 11.9 Å². The normalized spacial score (nSPS) is 9.68. The van der Waals surface area contributed by atoms with E-state index in [0.29, 0.717) is 11.6 Å². The highest BCUT2D eigenvalue weighted by Crippen LogP contribution is 2.16. The lowest BCUT2D eigenvalue weighted by atomic mass is 10.1. The number of hydrogen-bond donors (Lipinski definition) is 2. The van der Waals surface area contributed by atoms with Gasteiger partial charge in [-0.2, -0.15) is 5.26 Å². The van der Waals surface area contributed by atoms with Crippen LogP contribution in [0.25, 0.3) is 0 Å². The average molecular weight is 253 g/mol. The van der Waals surface area contributed by atoms with Gasteiger partial charge in [-0.25, -0.2) is 9.97 Å². The van der Waals surface area contributed by atoms with Gasteiger partial charge in [-0.15, -0.1) is 0 Å². The summed E-state index contributed by atoms with van der Waals surface area (Å²) in [5.41, 5.74) is 2.27. The second-order valence-electron chi connectivity index (χ2n) is 3.98. The first-order valence-electron chi connectivity index (χ1n) is 6.10. The van der Waals surface area contributed by atoms with Crippen molar-refractivity contribution in [3.05, 3.63) is 42.2 Å². The Balaban J connectivity index is 2.07. The molecule has 1 heterocycles. The van der Waals surface area contributed by atoms with Crippen LogP contribution in [0, 0.1) is 11.3 Å². The topological polar surface area (TPSA) is 73.6 Å². The van der Waals surface area contributed by atoms with Gasteiger partial charge in [-0.1, -0.05) is 19.1 Å². The van der Waals surface area contributed by atoms with Gasteiger partial charge in [0.1, 0.15) is 24.5 Å². The number of nitrogens with zero attached hydrogens (tertiary/aromatic N) is 3. The molecule has 0 aliphatic rings. The summed E-state index contributed by atoms with van der Waals surface area (Å²) in [7, 11) is 0. The van der Waals surface area contributed by atoms with Crippen molar-refractivity contribution in [1.29, 1.82) is 5.26 Å². The predicted molar refractivity (Wildman–Crippen MR) is 75.2 cm³/mol. The summed E-state index contributed by atoms with van der Waals surface area (Å²) < 4.78 is 0. The van der Waals surface area contributed by atoms with Crippen molar-refractivity contribution < 1.29 is 0 Å². The van der Waals surface area contributed by atoms with E-state index in [9.17, 15) is 0 Å². The van der Waals surface area contributed by atoms with Crippen molar-refractivity contribution >= 4 is 17.3 Å². The highest BCUT2D eigenvalue weighted by atomic mass is 15.1. The van der Waals surface area contributed by atoms with Crippen LogP contribution in [0.1, 0.15) is 12.5 Å². The van der Waals surface area contributed by atoms with Gasteiger partial charge in [0.25, 0.3) is 0 Å². The van der Waals surface area contributed by atoms with E-state index < -0.39 is 0 Å². The van der Waals surface area contributed by atoms with Crippen LogP contribution >= 0.6 is 0 Å². The Kier molecular flexibility index (Phi) is 4.29. The lowest BCUT2D eigenvalue weighted by Crippen LogP contribution is -2.02. The number of benzene rings is 1. The zero-order valence-corrected chi connectivity index (χ0v) is 10.7. The van der Waals surface area contributed by atoms with E-state index in [4.69, 9.17) is 5.26 Å². The van der Waals surface area contributed by atoms with E-state index in [0.717, 1.165) is 12.1 Å². The lowest BCUT2D eigenvalue weighted by molar-refractivity contribution is 1.13. The Bertz CT molecular complexity index is 571. The summed E-state index contributed by atoms with van der Waals surface area (Å²) in [6.45, 7) is 2.35. The molecule has 0 radical (unpaired) electrons. The highest BCUT2D eigenvalue weighted by molar-refractivity contribution is 5.59. The van der Waals surface area contributed by atoms with Gasteiger partial charge < -0.3 is 10.6 Å². The summed E-state index contributed by atoms with van der Waals surface area (Å²) >= 11 is 0. The molecule has 0 saturated heterocycles. The first-order chi connectivity index (χ1) is 9.31. The molecule has 2 N–H and O–H groups in total. The molecule has 1 aromatic heterocycles. The monoisotopic (exact) mass is 253 g/mol. The van der Waals surface area contributed by atoms with Gasteiger partial charge in [0.05, 0.1) is 6.07 Å². The number of aromatic nitrogens is 2. The van der Waals surface area contributed by atoms with Gasteiger partial charge in [0.15, 0.2) is 0 Å². The quantitative estimate of drug-likeness (QED) is 0.801. The van der Waals surface area contributed by atoms with Crippen LogP contribution in [-0.2, 0) is 6.42 Å². The Hall–Kier alpha value is -2.61. The molecule has 0 bridgehead atoms. The van der Waals surface area contributed by atoms with Gasteiger partial charge in [0, 0.05) is 11.8 Å². The fourth-order valence-electron chi connectivity index (χ4n) is 1.62. The molecule has 5 nitrogen and oxygen atoms in total. The van der Waals surface area contributed by atoms with Gasteiger partial charge in [-0.05, 0) is 24.1 Å². The summed E-state index contributed by atoms with van der Waals surface area (Å²) in [6, 6.07) is 12.0. The minimum Gasteiger partial charge on any atom is -0.357 e. The van der Waals surface area contributed by atoms with E-state index in [-0.39, 0.29) is 6.54 Å². The summed E-state index contributed by atoms with van der Waals surface area (Å²) in [5.74, 6) is 1.32. The molecule has 0 amide bonds. The predicted octanol–water partition coefficient (Wildman–Crippen LogP) is 2.72. The molecule has 0 saturated carbocycles. The maximum absolute atomic E-state index is 8.51. The molecule has 5 heteroatoms. The van der Waals surface area contributed by atoms with Crippen molar-refractivity contribution in [2.45, 2.75) is 13.3 Å². The van der Waals surface area contributed by atoms with Crippen molar-refractivity contribution in [1.82, 2.24) is 9.97 Å². The largest absolute Gasteiger partial charge is 0.357 e. The standard InChI is InChI=1S/C14H15N5/c1-2-11-3-5-12(6-4-11)19-14-9-13(16-8-7-15)17-10-18-14/h3-6,9-10H,2,8H2,1H3,(H2,16,17,18,19).